The summed E-state index contributed by atoms with van der Waals surface area (Å²) in [7, 11) is 5.15. The summed E-state index contributed by atoms with van der Waals surface area (Å²) in [4.78, 5) is 15.7. The fourth-order valence-corrected chi connectivity index (χ4v) is 3.34. The number of hydrogen-bond donors (Lipinski definition) is 3. The predicted molar refractivity (Wildman–Crippen MR) is 113 cm³/mol. The predicted octanol–water partition coefficient (Wildman–Crippen LogP) is 2.77. The number of nitrogens with one attached hydrogen (secondary N) is 1. The fourth-order valence-electron chi connectivity index (χ4n) is 3.34. The maximum absolute atomic E-state index is 13.8. The number of halogens is 1. The SMILES string of the molecule is CNCc1c(-c2cnc(N)c(OC(C)c3cc(F)ccc3C(=O)O)c2)c(OC)nn1C. The minimum atomic E-state index is -1.18. The normalized spacial score (nSPS) is 11.9. The number of aromatic nitrogens is 3. The van der Waals surface area contributed by atoms with Gasteiger partial charge < -0.3 is 25.6 Å². The van der Waals surface area contributed by atoms with Crippen LogP contribution in [0.5, 0.6) is 11.6 Å². The van der Waals surface area contributed by atoms with Crippen LogP contribution in [-0.4, -0.2) is 40.0 Å². The van der Waals surface area contributed by atoms with Gasteiger partial charge in [-0.25, -0.2) is 14.2 Å². The lowest BCUT2D eigenvalue weighted by Crippen LogP contribution is -2.12. The third-order valence-corrected chi connectivity index (χ3v) is 4.83. The molecule has 1 unspecified atom stereocenters. The fraction of sp³-hybridized carbons (Fsp3) is 0.286. The van der Waals surface area contributed by atoms with E-state index in [0.29, 0.717) is 18.0 Å². The van der Waals surface area contributed by atoms with Gasteiger partial charge >= 0.3 is 5.97 Å². The van der Waals surface area contributed by atoms with Crippen LogP contribution in [0.1, 0.15) is 34.6 Å². The maximum atomic E-state index is 13.8. The topological polar surface area (TPSA) is 125 Å². The van der Waals surface area contributed by atoms with E-state index in [0.717, 1.165) is 23.4 Å². The molecule has 0 aliphatic carbocycles. The molecular formula is C21H24FN5O4. The van der Waals surface area contributed by atoms with E-state index in [1.54, 1.807) is 30.9 Å². The van der Waals surface area contributed by atoms with Gasteiger partial charge in [0.2, 0.25) is 5.88 Å². The van der Waals surface area contributed by atoms with Gasteiger partial charge in [0.1, 0.15) is 11.9 Å². The molecule has 0 saturated heterocycles. The molecule has 0 radical (unpaired) electrons. The molecule has 4 N–H and O–H groups in total. The van der Waals surface area contributed by atoms with E-state index < -0.39 is 17.9 Å². The van der Waals surface area contributed by atoms with Crippen molar-refractivity contribution in [2.45, 2.75) is 19.6 Å². The van der Waals surface area contributed by atoms with Gasteiger partial charge in [-0.2, -0.15) is 0 Å². The smallest absolute Gasteiger partial charge is 0.336 e. The monoisotopic (exact) mass is 429 g/mol. The molecule has 1 atom stereocenters. The lowest BCUT2D eigenvalue weighted by Gasteiger charge is -2.19. The molecule has 0 fully saturated rings. The minimum Gasteiger partial charge on any atom is -0.482 e. The molecule has 0 amide bonds. The van der Waals surface area contributed by atoms with Gasteiger partial charge in [-0.15, -0.1) is 5.10 Å². The Morgan fingerprint density at radius 3 is 2.77 bits per heavy atom. The zero-order chi connectivity index (χ0) is 22.7. The van der Waals surface area contributed by atoms with Gasteiger partial charge in [0.15, 0.2) is 11.6 Å². The summed E-state index contributed by atoms with van der Waals surface area (Å²) in [5, 5.41) is 16.9. The number of benzene rings is 1. The number of rotatable bonds is 8. The van der Waals surface area contributed by atoms with Crippen LogP contribution >= 0.6 is 0 Å². The van der Waals surface area contributed by atoms with Crippen molar-refractivity contribution in [1.82, 2.24) is 20.1 Å². The Morgan fingerprint density at radius 2 is 2.13 bits per heavy atom. The summed E-state index contributed by atoms with van der Waals surface area (Å²) >= 11 is 0. The Morgan fingerprint density at radius 1 is 1.39 bits per heavy atom. The Hall–Kier alpha value is -3.66. The second kappa shape index (κ2) is 9.00. The number of ether oxygens (including phenoxy) is 2. The summed E-state index contributed by atoms with van der Waals surface area (Å²) in [6.07, 6.45) is 0.782. The molecule has 9 nitrogen and oxygen atoms in total. The van der Waals surface area contributed by atoms with E-state index in [-0.39, 0.29) is 22.7 Å². The highest BCUT2D eigenvalue weighted by Gasteiger charge is 2.22. The van der Waals surface area contributed by atoms with Crippen molar-refractivity contribution in [3.05, 3.63) is 53.1 Å². The van der Waals surface area contributed by atoms with Crippen molar-refractivity contribution in [3.8, 4) is 22.8 Å². The number of hydrogen-bond acceptors (Lipinski definition) is 7. The Bertz CT molecular complexity index is 1120. The molecule has 0 spiro atoms. The van der Waals surface area contributed by atoms with Gasteiger partial charge in [0, 0.05) is 30.9 Å². The van der Waals surface area contributed by atoms with E-state index in [1.165, 1.54) is 13.2 Å². The molecule has 3 rings (SSSR count). The first kappa shape index (κ1) is 22.0. The standard InChI is InChI=1S/C21H24FN5O4/c1-11(15-8-13(22)5-6-14(15)21(28)29)31-17-7-12(9-25-19(17)23)18-16(10-24-2)27(3)26-20(18)30-4/h5-9,11,24H,10H2,1-4H3,(H2,23,25)(H,28,29). The number of nitrogen functional groups attached to an aromatic ring is 1. The number of aromatic carboxylic acids is 1. The molecular weight excluding hydrogens is 405 g/mol. The molecule has 10 heteroatoms. The summed E-state index contributed by atoms with van der Waals surface area (Å²) in [6.45, 7) is 2.15. The number of carboxylic acid groups (broad SMARTS) is 1. The van der Waals surface area contributed by atoms with E-state index in [9.17, 15) is 14.3 Å². The van der Waals surface area contributed by atoms with Crippen LogP contribution in [-0.2, 0) is 13.6 Å². The average molecular weight is 429 g/mol. The van der Waals surface area contributed by atoms with E-state index in [1.807, 2.05) is 7.05 Å². The number of nitrogens with two attached hydrogens (primary N) is 1. The first-order valence-electron chi connectivity index (χ1n) is 9.46. The van der Waals surface area contributed by atoms with Crippen LogP contribution in [0.4, 0.5) is 10.2 Å². The molecule has 0 aliphatic heterocycles. The van der Waals surface area contributed by atoms with Gasteiger partial charge in [-0.3, -0.25) is 4.68 Å². The summed E-state index contributed by atoms with van der Waals surface area (Å²) in [5.74, 6) is -0.986. The first-order valence-corrected chi connectivity index (χ1v) is 9.46. The second-order valence-electron chi connectivity index (χ2n) is 6.89. The molecule has 0 bridgehead atoms. The highest BCUT2D eigenvalue weighted by atomic mass is 19.1. The van der Waals surface area contributed by atoms with Crippen molar-refractivity contribution >= 4 is 11.8 Å². The lowest BCUT2D eigenvalue weighted by atomic mass is 10.0. The number of carbonyl (C=O) groups is 1. The van der Waals surface area contributed by atoms with Crippen molar-refractivity contribution < 1.29 is 23.8 Å². The van der Waals surface area contributed by atoms with E-state index >= 15 is 0 Å². The van der Waals surface area contributed by atoms with Gasteiger partial charge in [0.25, 0.3) is 0 Å². The number of nitrogens with zero attached hydrogens (tertiary/aromatic N) is 3. The summed E-state index contributed by atoms with van der Waals surface area (Å²) in [5.41, 5.74) is 8.38. The largest absolute Gasteiger partial charge is 0.482 e. The minimum absolute atomic E-state index is 0.0539. The third-order valence-electron chi connectivity index (χ3n) is 4.83. The Kier molecular flexibility index (Phi) is 6.40. The quantitative estimate of drug-likeness (QED) is 0.499. The number of carboxylic acids is 1. The van der Waals surface area contributed by atoms with Crippen LogP contribution in [0.2, 0.25) is 0 Å². The van der Waals surface area contributed by atoms with Crippen LogP contribution < -0.4 is 20.5 Å². The molecule has 3 aromatic rings. The van der Waals surface area contributed by atoms with Gasteiger partial charge in [-0.05, 0) is 38.2 Å². The lowest BCUT2D eigenvalue weighted by molar-refractivity contribution is 0.0691. The zero-order valence-electron chi connectivity index (χ0n) is 17.6. The first-order chi connectivity index (χ1) is 14.8. The summed E-state index contributed by atoms with van der Waals surface area (Å²) < 4.78 is 26.8. The number of pyridine rings is 1. The third kappa shape index (κ3) is 4.43. The zero-order valence-corrected chi connectivity index (χ0v) is 17.6. The van der Waals surface area contributed by atoms with E-state index in [4.69, 9.17) is 15.2 Å². The second-order valence-corrected chi connectivity index (χ2v) is 6.89. The van der Waals surface area contributed by atoms with E-state index in [2.05, 4.69) is 15.4 Å². The molecule has 2 aromatic heterocycles. The van der Waals surface area contributed by atoms with Gasteiger partial charge in [0.05, 0.1) is 23.9 Å². The van der Waals surface area contributed by atoms with Crippen molar-refractivity contribution in [1.29, 1.82) is 0 Å². The molecule has 31 heavy (non-hydrogen) atoms. The highest BCUT2D eigenvalue weighted by Crippen LogP contribution is 2.37. The van der Waals surface area contributed by atoms with Crippen LogP contribution in [0.25, 0.3) is 11.1 Å². The van der Waals surface area contributed by atoms with Gasteiger partial charge in [-0.1, -0.05) is 0 Å². The van der Waals surface area contributed by atoms with Crippen LogP contribution in [0.3, 0.4) is 0 Å². The molecule has 164 valence electrons. The molecule has 0 aliphatic rings. The van der Waals surface area contributed by atoms with Crippen LogP contribution in [0, 0.1) is 5.82 Å². The highest BCUT2D eigenvalue weighted by molar-refractivity contribution is 5.89. The average Bonchev–Trinajstić information content (AvgIpc) is 3.05. The van der Waals surface area contributed by atoms with Crippen molar-refractivity contribution in [2.24, 2.45) is 7.05 Å². The van der Waals surface area contributed by atoms with Crippen molar-refractivity contribution in [3.63, 3.8) is 0 Å². The Labute approximate surface area is 178 Å². The number of anilines is 1. The maximum Gasteiger partial charge on any atom is 0.336 e. The van der Waals surface area contributed by atoms with Crippen LogP contribution in [0.15, 0.2) is 30.5 Å². The molecule has 0 saturated carbocycles. The molecule has 1 aromatic carbocycles. The summed E-state index contributed by atoms with van der Waals surface area (Å²) in [6, 6.07) is 5.11. The molecule has 2 heterocycles. The van der Waals surface area contributed by atoms with Crippen molar-refractivity contribution in [2.75, 3.05) is 19.9 Å². The number of methoxy groups -OCH3 is 1. The Balaban J connectivity index is 2.02. The number of aryl methyl sites for hydroxylation is 1.